The number of hydrogen-bond acceptors (Lipinski definition) is 5. The van der Waals surface area contributed by atoms with Crippen molar-refractivity contribution in [3.8, 4) is 0 Å². The zero-order valence-electron chi connectivity index (χ0n) is 11.2. The van der Waals surface area contributed by atoms with E-state index in [0.29, 0.717) is 5.69 Å². The summed E-state index contributed by atoms with van der Waals surface area (Å²) in [5, 5.41) is 3.95. The average Bonchev–Trinajstić information content (AvgIpc) is 2.58. The van der Waals surface area contributed by atoms with E-state index in [9.17, 15) is 8.42 Å². The Balaban J connectivity index is 2.49. The number of halogens is 1. The van der Waals surface area contributed by atoms with Crippen molar-refractivity contribution in [2.45, 2.75) is 18.7 Å². The van der Waals surface area contributed by atoms with E-state index in [1.807, 2.05) is 0 Å². The molecule has 2 heterocycles. The summed E-state index contributed by atoms with van der Waals surface area (Å²) in [5.74, 6) is -0.0609. The third-order valence-corrected chi connectivity index (χ3v) is 4.63. The number of sulfonamides is 1. The van der Waals surface area contributed by atoms with E-state index in [0.717, 1.165) is 5.56 Å². The second-order valence-electron chi connectivity index (χ2n) is 4.38. The van der Waals surface area contributed by atoms with Gasteiger partial charge in [0.25, 0.3) is 10.0 Å². The number of pyridine rings is 1. The van der Waals surface area contributed by atoms with Gasteiger partial charge in [0.05, 0.1) is 11.4 Å². The predicted molar refractivity (Wildman–Crippen MR) is 77.1 cm³/mol. The maximum absolute atomic E-state index is 12.4. The Kier molecular flexibility index (Phi) is 3.61. The molecule has 20 heavy (non-hydrogen) atoms. The van der Waals surface area contributed by atoms with Crippen molar-refractivity contribution in [2.24, 2.45) is 7.05 Å². The van der Waals surface area contributed by atoms with Gasteiger partial charge in [0.2, 0.25) is 0 Å². The first-order valence-electron chi connectivity index (χ1n) is 5.66. The third kappa shape index (κ3) is 2.56. The molecule has 0 aromatic carbocycles. The van der Waals surface area contributed by atoms with Crippen LogP contribution < -0.4 is 10.5 Å². The molecule has 0 aliphatic rings. The van der Waals surface area contributed by atoms with Gasteiger partial charge in [-0.15, -0.1) is 0 Å². The molecule has 9 heteroatoms. The van der Waals surface area contributed by atoms with Gasteiger partial charge in [0, 0.05) is 13.2 Å². The van der Waals surface area contributed by atoms with Gasteiger partial charge in [0.15, 0.2) is 15.9 Å². The molecular weight excluding hydrogens is 302 g/mol. The van der Waals surface area contributed by atoms with Crippen LogP contribution in [0.15, 0.2) is 17.2 Å². The fourth-order valence-corrected chi connectivity index (χ4v) is 3.36. The van der Waals surface area contributed by atoms with Crippen molar-refractivity contribution in [3.63, 3.8) is 0 Å². The topological polar surface area (TPSA) is 103 Å². The van der Waals surface area contributed by atoms with Crippen LogP contribution in [0, 0.1) is 13.8 Å². The van der Waals surface area contributed by atoms with E-state index in [2.05, 4.69) is 14.8 Å². The molecule has 0 bridgehead atoms. The molecule has 0 aliphatic carbocycles. The quantitative estimate of drug-likeness (QED) is 0.835. The zero-order chi connectivity index (χ0) is 15.1. The highest BCUT2D eigenvalue weighted by Gasteiger charge is 2.25. The van der Waals surface area contributed by atoms with Gasteiger partial charge in [-0.25, -0.2) is 13.4 Å². The molecule has 0 unspecified atom stereocenters. The molecule has 108 valence electrons. The van der Waals surface area contributed by atoms with Gasteiger partial charge in [-0.1, -0.05) is 11.6 Å². The van der Waals surface area contributed by atoms with E-state index >= 15 is 0 Å². The Hall–Kier alpha value is -1.80. The maximum atomic E-state index is 12.4. The molecule has 2 rings (SSSR count). The Bertz CT molecular complexity index is 769. The number of anilines is 2. The van der Waals surface area contributed by atoms with Crippen LogP contribution in [0.3, 0.4) is 0 Å². The zero-order valence-corrected chi connectivity index (χ0v) is 12.7. The number of nitrogen functional groups attached to an aromatic ring is 1. The summed E-state index contributed by atoms with van der Waals surface area (Å²) in [7, 11) is -2.26. The van der Waals surface area contributed by atoms with Crippen LogP contribution in [-0.2, 0) is 17.1 Å². The monoisotopic (exact) mass is 315 g/mol. The summed E-state index contributed by atoms with van der Waals surface area (Å²) in [6, 6.07) is 1.59. The smallest absolute Gasteiger partial charge is 0.267 e. The van der Waals surface area contributed by atoms with Crippen molar-refractivity contribution in [1.82, 2.24) is 14.8 Å². The predicted octanol–water partition coefficient (Wildman–Crippen LogP) is 1.47. The molecule has 2 aromatic heterocycles. The number of aryl methyl sites for hydroxylation is 2. The van der Waals surface area contributed by atoms with Crippen LogP contribution in [0.5, 0.6) is 0 Å². The summed E-state index contributed by atoms with van der Waals surface area (Å²) in [6.07, 6.45) is 1.55. The van der Waals surface area contributed by atoms with Gasteiger partial charge in [-0.2, -0.15) is 5.10 Å². The van der Waals surface area contributed by atoms with Crippen molar-refractivity contribution in [3.05, 3.63) is 28.7 Å². The summed E-state index contributed by atoms with van der Waals surface area (Å²) in [4.78, 5) is 3.84. The molecule has 0 fully saturated rings. The number of aromatic nitrogens is 3. The molecule has 0 aliphatic heterocycles. The summed E-state index contributed by atoms with van der Waals surface area (Å²) >= 11 is 5.88. The molecule has 0 atom stereocenters. The number of rotatable bonds is 3. The van der Waals surface area contributed by atoms with Gasteiger partial charge < -0.3 is 5.73 Å². The summed E-state index contributed by atoms with van der Waals surface area (Å²) in [5.41, 5.74) is 7.07. The minimum Gasteiger partial charge on any atom is -0.381 e. The highest BCUT2D eigenvalue weighted by molar-refractivity contribution is 7.93. The lowest BCUT2D eigenvalue weighted by Gasteiger charge is -2.09. The standard InChI is InChI=1S/C11H14ClN5O2S/c1-6-4-8(10(12)14-5-6)16-20(18,19)9-7(2)17(3)15-11(9)13/h4-5,16H,1-3H3,(H2,13,15). The molecule has 7 nitrogen and oxygen atoms in total. The highest BCUT2D eigenvalue weighted by atomic mass is 35.5. The van der Waals surface area contributed by atoms with Crippen molar-refractivity contribution in [1.29, 1.82) is 0 Å². The molecular formula is C11H14ClN5O2S. The molecule has 3 N–H and O–H groups in total. The Morgan fingerprint density at radius 2 is 2.05 bits per heavy atom. The lowest BCUT2D eigenvalue weighted by Crippen LogP contribution is -2.16. The van der Waals surface area contributed by atoms with Gasteiger partial charge in [-0.3, -0.25) is 9.40 Å². The summed E-state index contributed by atoms with van der Waals surface area (Å²) < 4.78 is 28.6. The van der Waals surface area contributed by atoms with E-state index in [4.69, 9.17) is 17.3 Å². The van der Waals surface area contributed by atoms with Crippen LogP contribution in [0.2, 0.25) is 5.15 Å². The Morgan fingerprint density at radius 3 is 2.60 bits per heavy atom. The van der Waals surface area contributed by atoms with Gasteiger partial charge in [0.1, 0.15) is 0 Å². The van der Waals surface area contributed by atoms with Crippen LogP contribution in [0.25, 0.3) is 0 Å². The van der Waals surface area contributed by atoms with Crippen molar-refractivity contribution in [2.75, 3.05) is 10.5 Å². The Labute approximate surface area is 121 Å². The van der Waals surface area contributed by atoms with Gasteiger partial charge >= 0.3 is 0 Å². The van der Waals surface area contributed by atoms with Crippen LogP contribution in [0.1, 0.15) is 11.3 Å². The second kappa shape index (κ2) is 4.95. The summed E-state index contributed by atoms with van der Waals surface area (Å²) in [6.45, 7) is 3.40. The molecule has 0 radical (unpaired) electrons. The fraction of sp³-hybridized carbons (Fsp3) is 0.273. The fourth-order valence-electron chi connectivity index (χ4n) is 1.77. The van der Waals surface area contributed by atoms with Gasteiger partial charge in [-0.05, 0) is 25.5 Å². The molecule has 2 aromatic rings. The van der Waals surface area contributed by atoms with Crippen LogP contribution >= 0.6 is 11.6 Å². The number of nitrogens with zero attached hydrogens (tertiary/aromatic N) is 3. The second-order valence-corrected chi connectivity index (χ2v) is 6.36. The first-order valence-corrected chi connectivity index (χ1v) is 7.52. The largest absolute Gasteiger partial charge is 0.381 e. The van der Waals surface area contributed by atoms with E-state index in [-0.39, 0.29) is 21.6 Å². The number of nitrogens with one attached hydrogen (secondary N) is 1. The number of nitrogens with two attached hydrogens (primary N) is 1. The van der Waals surface area contributed by atoms with E-state index in [1.54, 1.807) is 33.2 Å². The Morgan fingerprint density at radius 1 is 1.40 bits per heavy atom. The molecule has 0 saturated heterocycles. The normalized spacial score (nSPS) is 11.6. The first-order chi connectivity index (χ1) is 9.22. The average molecular weight is 316 g/mol. The maximum Gasteiger partial charge on any atom is 0.267 e. The number of hydrogen-bond donors (Lipinski definition) is 2. The van der Waals surface area contributed by atoms with E-state index in [1.165, 1.54) is 4.68 Å². The lowest BCUT2D eigenvalue weighted by molar-refractivity contribution is 0.600. The molecule has 0 amide bonds. The minimum atomic E-state index is -3.88. The third-order valence-electron chi connectivity index (χ3n) is 2.79. The molecule has 0 spiro atoms. The SMILES string of the molecule is Cc1cnc(Cl)c(NS(=O)(=O)c2c(N)nn(C)c2C)c1. The lowest BCUT2D eigenvalue weighted by atomic mass is 10.3. The molecule has 0 saturated carbocycles. The van der Waals surface area contributed by atoms with Crippen molar-refractivity contribution < 1.29 is 8.42 Å². The van der Waals surface area contributed by atoms with Crippen LogP contribution in [-0.4, -0.2) is 23.2 Å². The first kappa shape index (κ1) is 14.6. The van der Waals surface area contributed by atoms with E-state index < -0.39 is 10.0 Å². The van der Waals surface area contributed by atoms with Crippen molar-refractivity contribution >= 4 is 33.1 Å². The van der Waals surface area contributed by atoms with Crippen LogP contribution in [0.4, 0.5) is 11.5 Å². The minimum absolute atomic E-state index is 0.0578. The highest BCUT2D eigenvalue weighted by Crippen LogP contribution is 2.27.